The Morgan fingerprint density at radius 3 is 1.95 bits per heavy atom. The van der Waals surface area contributed by atoms with Gasteiger partial charge in [0.2, 0.25) is 0 Å². The molecular formula is C17H24N2O2. The van der Waals surface area contributed by atoms with Crippen LogP contribution in [-0.2, 0) is 0 Å². The fraction of sp³-hybridized carbons (Fsp3) is 0.529. The fourth-order valence-electron chi connectivity index (χ4n) is 2.67. The van der Waals surface area contributed by atoms with Gasteiger partial charge in [0.05, 0.1) is 11.1 Å². The summed E-state index contributed by atoms with van der Waals surface area (Å²) >= 11 is 0. The van der Waals surface area contributed by atoms with Gasteiger partial charge in [-0.15, -0.1) is 0 Å². The number of carbonyl (C=O) groups is 2. The molecule has 0 radical (unpaired) electrons. The minimum atomic E-state index is -0.136. The topological polar surface area (TPSA) is 40.6 Å². The van der Waals surface area contributed by atoms with Gasteiger partial charge in [0.25, 0.3) is 11.8 Å². The van der Waals surface area contributed by atoms with Crippen LogP contribution >= 0.6 is 0 Å². The van der Waals surface area contributed by atoms with Crippen molar-refractivity contribution in [3.05, 3.63) is 35.4 Å². The van der Waals surface area contributed by atoms with Gasteiger partial charge >= 0.3 is 0 Å². The second-order valence-corrected chi connectivity index (χ2v) is 5.88. The van der Waals surface area contributed by atoms with Crippen LogP contribution in [-0.4, -0.2) is 48.8 Å². The standard InChI is InChI=1S/C17H24N2O2/c1-18(2)12-8-4-3-5-9-13-19-16(20)14-10-6-7-11-15(14)17(19)21/h6-7,10-11H,3-5,8-9,12-13H2,1-2H3. The highest BCUT2D eigenvalue weighted by Crippen LogP contribution is 2.22. The Bertz CT molecular complexity index is 476. The molecule has 0 N–H and O–H groups in total. The number of benzene rings is 1. The smallest absolute Gasteiger partial charge is 0.261 e. The summed E-state index contributed by atoms with van der Waals surface area (Å²) in [7, 11) is 4.17. The lowest BCUT2D eigenvalue weighted by Gasteiger charge is -2.13. The van der Waals surface area contributed by atoms with E-state index in [4.69, 9.17) is 0 Å². The Hall–Kier alpha value is -1.68. The van der Waals surface area contributed by atoms with E-state index in [-0.39, 0.29) is 11.8 Å². The first-order chi connectivity index (χ1) is 10.1. The number of carbonyl (C=O) groups excluding carboxylic acids is 2. The maximum absolute atomic E-state index is 12.1. The third kappa shape index (κ3) is 3.91. The number of nitrogens with zero attached hydrogens (tertiary/aromatic N) is 2. The largest absolute Gasteiger partial charge is 0.309 e. The zero-order valence-electron chi connectivity index (χ0n) is 13.0. The van der Waals surface area contributed by atoms with Gasteiger partial charge in [-0.05, 0) is 45.6 Å². The zero-order chi connectivity index (χ0) is 15.2. The van der Waals surface area contributed by atoms with Crippen molar-refractivity contribution < 1.29 is 9.59 Å². The first kappa shape index (κ1) is 15.7. The summed E-state index contributed by atoms with van der Waals surface area (Å²) in [6, 6.07) is 7.07. The van der Waals surface area contributed by atoms with E-state index in [9.17, 15) is 9.59 Å². The van der Waals surface area contributed by atoms with Gasteiger partial charge < -0.3 is 4.90 Å². The Morgan fingerprint density at radius 1 is 0.857 bits per heavy atom. The first-order valence-corrected chi connectivity index (χ1v) is 7.71. The van der Waals surface area contributed by atoms with Crippen molar-refractivity contribution in [1.82, 2.24) is 9.80 Å². The fourth-order valence-corrected chi connectivity index (χ4v) is 2.67. The summed E-state index contributed by atoms with van der Waals surface area (Å²) in [5, 5.41) is 0. The maximum Gasteiger partial charge on any atom is 0.261 e. The van der Waals surface area contributed by atoms with Crippen molar-refractivity contribution in [2.45, 2.75) is 32.1 Å². The minimum absolute atomic E-state index is 0.136. The quantitative estimate of drug-likeness (QED) is 0.545. The van der Waals surface area contributed by atoms with Crippen molar-refractivity contribution in [2.24, 2.45) is 0 Å². The SMILES string of the molecule is CN(C)CCCCCCCN1C(=O)c2ccccc2C1=O. The van der Waals surface area contributed by atoms with E-state index < -0.39 is 0 Å². The van der Waals surface area contributed by atoms with Gasteiger partial charge in [0.1, 0.15) is 0 Å². The monoisotopic (exact) mass is 288 g/mol. The number of hydrogen-bond donors (Lipinski definition) is 0. The molecule has 1 aliphatic heterocycles. The first-order valence-electron chi connectivity index (χ1n) is 7.71. The van der Waals surface area contributed by atoms with E-state index in [2.05, 4.69) is 19.0 Å². The van der Waals surface area contributed by atoms with Crippen LogP contribution in [0.3, 0.4) is 0 Å². The summed E-state index contributed by atoms with van der Waals surface area (Å²) in [5.74, 6) is -0.272. The number of imide groups is 1. The molecule has 0 aliphatic carbocycles. The van der Waals surface area contributed by atoms with Gasteiger partial charge in [0.15, 0.2) is 0 Å². The van der Waals surface area contributed by atoms with Crippen molar-refractivity contribution >= 4 is 11.8 Å². The molecule has 0 spiro atoms. The van der Waals surface area contributed by atoms with E-state index in [1.165, 1.54) is 17.7 Å². The van der Waals surface area contributed by atoms with Gasteiger partial charge in [-0.2, -0.15) is 0 Å². The molecule has 2 rings (SSSR count). The van der Waals surface area contributed by atoms with Crippen molar-refractivity contribution in [3.63, 3.8) is 0 Å². The lowest BCUT2D eigenvalue weighted by molar-refractivity contribution is 0.0651. The van der Waals surface area contributed by atoms with Crippen molar-refractivity contribution in [3.8, 4) is 0 Å². The molecule has 0 atom stereocenters. The zero-order valence-corrected chi connectivity index (χ0v) is 13.0. The molecule has 1 aromatic carbocycles. The minimum Gasteiger partial charge on any atom is -0.309 e. The average Bonchev–Trinajstić information content (AvgIpc) is 2.71. The molecule has 114 valence electrons. The highest BCUT2D eigenvalue weighted by molar-refractivity contribution is 6.21. The van der Waals surface area contributed by atoms with E-state index in [0.717, 1.165) is 25.8 Å². The molecule has 0 unspecified atom stereocenters. The van der Waals surface area contributed by atoms with Crippen LogP contribution < -0.4 is 0 Å². The summed E-state index contributed by atoms with van der Waals surface area (Å²) in [6.07, 6.45) is 5.55. The highest BCUT2D eigenvalue weighted by Gasteiger charge is 2.34. The van der Waals surface area contributed by atoms with Crippen LogP contribution in [0.25, 0.3) is 0 Å². The Morgan fingerprint density at radius 2 is 1.38 bits per heavy atom. The molecule has 21 heavy (non-hydrogen) atoms. The summed E-state index contributed by atoms with van der Waals surface area (Å²) < 4.78 is 0. The van der Waals surface area contributed by atoms with Crippen LogP contribution in [0.1, 0.15) is 52.8 Å². The Kier molecular flexibility index (Phi) is 5.51. The average molecular weight is 288 g/mol. The van der Waals surface area contributed by atoms with Crippen LogP contribution in [0.4, 0.5) is 0 Å². The number of rotatable bonds is 8. The number of amides is 2. The molecule has 2 amide bonds. The Labute approximate surface area is 126 Å². The molecule has 0 saturated carbocycles. The second-order valence-electron chi connectivity index (χ2n) is 5.88. The van der Waals surface area contributed by atoms with E-state index in [1.807, 2.05) is 0 Å². The molecule has 4 heteroatoms. The molecule has 1 aliphatic rings. The molecular weight excluding hydrogens is 264 g/mol. The lowest BCUT2D eigenvalue weighted by Crippen LogP contribution is -2.30. The van der Waals surface area contributed by atoms with E-state index >= 15 is 0 Å². The number of fused-ring (bicyclic) bond motifs is 1. The van der Waals surface area contributed by atoms with Crippen LogP contribution in [0.2, 0.25) is 0 Å². The number of hydrogen-bond acceptors (Lipinski definition) is 3. The summed E-state index contributed by atoms with van der Waals surface area (Å²) in [4.78, 5) is 27.9. The van der Waals surface area contributed by atoms with Gasteiger partial charge in [-0.1, -0.05) is 31.4 Å². The van der Waals surface area contributed by atoms with Crippen molar-refractivity contribution in [2.75, 3.05) is 27.2 Å². The predicted molar refractivity (Wildman–Crippen MR) is 83.4 cm³/mol. The maximum atomic E-state index is 12.1. The summed E-state index contributed by atoms with van der Waals surface area (Å²) in [6.45, 7) is 1.67. The third-order valence-electron chi connectivity index (χ3n) is 3.87. The van der Waals surface area contributed by atoms with E-state index in [0.29, 0.717) is 17.7 Å². The Balaban J connectivity index is 1.71. The van der Waals surface area contributed by atoms with Gasteiger partial charge in [-0.25, -0.2) is 0 Å². The molecule has 4 nitrogen and oxygen atoms in total. The highest BCUT2D eigenvalue weighted by atomic mass is 16.2. The molecule has 0 bridgehead atoms. The predicted octanol–water partition coefficient (Wildman–Crippen LogP) is 2.79. The van der Waals surface area contributed by atoms with Crippen LogP contribution in [0, 0.1) is 0 Å². The molecule has 1 heterocycles. The van der Waals surface area contributed by atoms with Gasteiger partial charge in [-0.3, -0.25) is 14.5 Å². The van der Waals surface area contributed by atoms with Crippen molar-refractivity contribution in [1.29, 1.82) is 0 Å². The molecule has 0 aromatic heterocycles. The second kappa shape index (κ2) is 7.36. The molecule has 0 fully saturated rings. The molecule has 0 saturated heterocycles. The normalized spacial score (nSPS) is 14.1. The lowest BCUT2D eigenvalue weighted by atomic mass is 10.1. The number of unbranched alkanes of at least 4 members (excludes halogenated alkanes) is 4. The summed E-state index contributed by atoms with van der Waals surface area (Å²) in [5.41, 5.74) is 1.10. The van der Waals surface area contributed by atoms with Crippen LogP contribution in [0.15, 0.2) is 24.3 Å². The third-order valence-corrected chi connectivity index (χ3v) is 3.87. The molecule has 1 aromatic rings. The van der Waals surface area contributed by atoms with E-state index in [1.54, 1.807) is 24.3 Å². The van der Waals surface area contributed by atoms with Gasteiger partial charge in [0, 0.05) is 6.54 Å². The van der Waals surface area contributed by atoms with Crippen LogP contribution in [0.5, 0.6) is 0 Å².